The number of hydrogen-bond acceptors (Lipinski definition) is 3. The Hall–Kier alpha value is -2.16. The summed E-state index contributed by atoms with van der Waals surface area (Å²) >= 11 is 0. The fraction of sp³-hybridized carbons (Fsp3) is 0.235. The second kappa shape index (κ2) is 5.91. The molecule has 0 radical (unpaired) electrons. The highest BCUT2D eigenvalue weighted by molar-refractivity contribution is 7.89. The average molecular weight is 312 g/mol. The maximum Gasteiger partial charge on any atom is 0.244 e. The minimum Gasteiger partial charge on any atom is -0.207 e. The number of sulfonamides is 1. The Morgan fingerprint density at radius 1 is 1.05 bits per heavy atom. The van der Waals surface area contributed by atoms with E-state index in [0.717, 1.165) is 18.4 Å². The number of nitriles is 1. The van der Waals surface area contributed by atoms with E-state index in [2.05, 4.69) is 0 Å². The van der Waals surface area contributed by atoms with Crippen LogP contribution in [0.15, 0.2) is 59.5 Å². The summed E-state index contributed by atoms with van der Waals surface area (Å²) in [6.07, 6.45) is 1.63. The van der Waals surface area contributed by atoms with E-state index >= 15 is 0 Å². The average Bonchev–Trinajstić information content (AvgIpc) is 3.06. The Labute approximate surface area is 130 Å². The first-order valence-electron chi connectivity index (χ1n) is 7.20. The summed E-state index contributed by atoms with van der Waals surface area (Å²) in [5.74, 6) is 0. The molecule has 0 bridgehead atoms. The van der Waals surface area contributed by atoms with Crippen molar-refractivity contribution in [3.05, 3.63) is 65.7 Å². The molecule has 0 aliphatic carbocycles. The van der Waals surface area contributed by atoms with Crippen LogP contribution in [0.3, 0.4) is 0 Å². The van der Waals surface area contributed by atoms with Gasteiger partial charge in [0.15, 0.2) is 0 Å². The Kier molecular flexibility index (Phi) is 3.97. The third-order valence-corrected chi connectivity index (χ3v) is 5.95. The molecular formula is C17H16N2O2S. The maximum absolute atomic E-state index is 13.0. The molecule has 22 heavy (non-hydrogen) atoms. The molecule has 1 aliphatic heterocycles. The van der Waals surface area contributed by atoms with E-state index in [4.69, 9.17) is 0 Å². The van der Waals surface area contributed by atoms with E-state index in [1.54, 1.807) is 18.2 Å². The predicted octanol–water partition coefficient (Wildman–Crippen LogP) is 3.08. The number of nitrogens with zero attached hydrogens (tertiary/aromatic N) is 2. The fourth-order valence-electron chi connectivity index (χ4n) is 2.95. The Morgan fingerprint density at radius 2 is 1.73 bits per heavy atom. The molecule has 0 spiro atoms. The molecule has 112 valence electrons. The first-order valence-corrected chi connectivity index (χ1v) is 8.64. The predicted molar refractivity (Wildman–Crippen MR) is 83.5 cm³/mol. The number of hydrogen-bond donors (Lipinski definition) is 0. The SMILES string of the molecule is N#Cc1ccccc1S(=O)(=O)N1CCCC1c1ccccc1. The lowest BCUT2D eigenvalue weighted by Crippen LogP contribution is -2.31. The summed E-state index contributed by atoms with van der Waals surface area (Å²) < 4.78 is 27.5. The zero-order chi connectivity index (χ0) is 15.6. The van der Waals surface area contributed by atoms with Gasteiger partial charge < -0.3 is 0 Å². The fourth-order valence-corrected chi connectivity index (χ4v) is 4.77. The van der Waals surface area contributed by atoms with Crippen LogP contribution >= 0.6 is 0 Å². The highest BCUT2D eigenvalue weighted by Gasteiger charge is 2.37. The van der Waals surface area contributed by atoms with Crippen LogP contribution in [-0.2, 0) is 10.0 Å². The number of benzene rings is 2. The zero-order valence-corrected chi connectivity index (χ0v) is 12.8. The van der Waals surface area contributed by atoms with Crippen molar-refractivity contribution in [2.75, 3.05) is 6.54 Å². The smallest absolute Gasteiger partial charge is 0.207 e. The Bertz CT molecular complexity index is 810. The van der Waals surface area contributed by atoms with Crippen molar-refractivity contribution < 1.29 is 8.42 Å². The number of rotatable bonds is 3. The molecule has 0 saturated carbocycles. The van der Waals surface area contributed by atoms with Gasteiger partial charge in [0.05, 0.1) is 16.5 Å². The lowest BCUT2D eigenvalue weighted by molar-refractivity contribution is 0.396. The van der Waals surface area contributed by atoms with Gasteiger partial charge in [-0.1, -0.05) is 42.5 Å². The van der Waals surface area contributed by atoms with Gasteiger partial charge in [-0.15, -0.1) is 0 Å². The van der Waals surface area contributed by atoms with Gasteiger partial charge in [0.1, 0.15) is 6.07 Å². The summed E-state index contributed by atoms with van der Waals surface area (Å²) in [7, 11) is -3.67. The molecule has 5 heteroatoms. The highest BCUT2D eigenvalue weighted by Crippen LogP contribution is 2.36. The minimum absolute atomic E-state index is 0.0975. The highest BCUT2D eigenvalue weighted by atomic mass is 32.2. The molecule has 1 heterocycles. The molecule has 1 saturated heterocycles. The quantitative estimate of drug-likeness (QED) is 0.875. The molecule has 1 aliphatic rings. The van der Waals surface area contributed by atoms with Gasteiger partial charge in [0, 0.05) is 6.54 Å². The van der Waals surface area contributed by atoms with Crippen molar-refractivity contribution in [2.45, 2.75) is 23.8 Å². The van der Waals surface area contributed by atoms with E-state index in [9.17, 15) is 13.7 Å². The van der Waals surface area contributed by atoms with E-state index in [1.807, 2.05) is 36.4 Å². The summed E-state index contributed by atoms with van der Waals surface area (Å²) in [5, 5.41) is 9.17. The van der Waals surface area contributed by atoms with E-state index in [0.29, 0.717) is 6.54 Å². The molecule has 2 aromatic rings. The molecule has 0 amide bonds. The van der Waals surface area contributed by atoms with Crippen LogP contribution in [0, 0.1) is 11.3 Å². The van der Waals surface area contributed by atoms with Gasteiger partial charge in [0.2, 0.25) is 10.0 Å². The largest absolute Gasteiger partial charge is 0.244 e. The van der Waals surface area contributed by atoms with Gasteiger partial charge in [-0.3, -0.25) is 0 Å². The molecule has 4 nitrogen and oxygen atoms in total. The molecule has 0 N–H and O–H groups in total. The first-order chi connectivity index (χ1) is 10.6. The van der Waals surface area contributed by atoms with E-state index < -0.39 is 10.0 Å². The molecule has 0 aromatic heterocycles. The molecule has 2 aromatic carbocycles. The summed E-state index contributed by atoms with van der Waals surface area (Å²) in [6.45, 7) is 0.488. The third-order valence-electron chi connectivity index (χ3n) is 3.98. The second-order valence-electron chi connectivity index (χ2n) is 5.29. The topological polar surface area (TPSA) is 61.2 Å². The summed E-state index contributed by atoms with van der Waals surface area (Å²) in [6, 6.07) is 17.9. The van der Waals surface area contributed by atoms with Gasteiger partial charge in [0.25, 0.3) is 0 Å². The lowest BCUT2D eigenvalue weighted by atomic mass is 10.1. The van der Waals surface area contributed by atoms with Gasteiger partial charge in [-0.05, 0) is 30.5 Å². The molecule has 3 rings (SSSR count). The minimum atomic E-state index is -3.67. The Morgan fingerprint density at radius 3 is 2.45 bits per heavy atom. The first kappa shape index (κ1) is 14.8. The monoisotopic (exact) mass is 312 g/mol. The van der Waals surface area contributed by atoms with Crippen molar-refractivity contribution in [3.63, 3.8) is 0 Å². The summed E-state index contributed by atoms with van der Waals surface area (Å²) in [4.78, 5) is 0.0975. The van der Waals surface area contributed by atoms with Gasteiger partial charge >= 0.3 is 0 Å². The molecule has 1 atom stereocenters. The van der Waals surface area contributed by atoms with Crippen molar-refractivity contribution in [2.24, 2.45) is 0 Å². The van der Waals surface area contributed by atoms with Crippen molar-refractivity contribution >= 4 is 10.0 Å². The van der Waals surface area contributed by atoms with Crippen molar-refractivity contribution in [1.82, 2.24) is 4.31 Å². The van der Waals surface area contributed by atoms with Crippen LogP contribution in [0.4, 0.5) is 0 Å². The molecular weight excluding hydrogens is 296 g/mol. The molecule has 1 unspecified atom stereocenters. The second-order valence-corrected chi connectivity index (χ2v) is 7.15. The molecule has 1 fully saturated rings. The van der Waals surface area contributed by atoms with Crippen LogP contribution < -0.4 is 0 Å². The van der Waals surface area contributed by atoms with E-state index in [1.165, 1.54) is 10.4 Å². The summed E-state index contributed by atoms with van der Waals surface area (Å²) in [5.41, 5.74) is 1.19. The Balaban J connectivity index is 2.04. The third kappa shape index (κ3) is 2.52. The van der Waals surface area contributed by atoms with E-state index in [-0.39, 0.29) is 16.5 Å². The van der Waals surface area contributed by atoms with Crippen LogP contribution in [0.2, 0.25) is 0 Å². The maximum atomic E-state index is 13.0. The van der Waals surface area contributed by atoms with Crippen molar-refractivity contribution in [1.29, 1.82) is 5.26 Å². The van der Waals surface area contributed by atoms with Crippen molar-refractivity contribution in [3.8, 4) is 6.07 Å². The van der Waals surface area contributed by atoms with Crippen LogP contribution in [0.1, 0.15) is 30.0 Å². The zero-order valence-electron chi connectivity index (χ0n) is 12.0. The normalized spacial score (nSPS) is 19.0. The lowest BCUT2D eigenvalue weighted by Gasteiger charge is -2.24. The van der Waals surface area contributed by atoms with Gasteiger partial charge in [-0.25, -0.2) is 8.42 Å². The standard InChI is InChI=1S/C17H16N2O2S/c18-13-15-9-4-5-11-17(15)22(20,21)19-12-6-10-16(19)14-7-2-1-3-8-14/h1-5,7-9,11,16H,6,10,12H2. The van der Waals surface area contributed by atoms with Crippen LogP contribution in [0.25, 0.3) is 0 Å². The van der Waals surface area contributed by atoms with Crippen LogP contribution in [0.5, 0.6) is 0 Å². The van der Waals surface area contributed by atoms with Gasteiger partial charge in [-0.2, -0.15) is 9.57 Å². The van der Waals surface area contributed by atoms with Crippen LogP contribution in [-0.4, -0.2) is 19.3 Å².